The van der Waals surface area contributed by atoms with E-state index in [1.165, 1.54) is 11.5 Å². The predicted octanol–water partition coefficient (Wildman–Crippen LogP) is 0.125. The lowest BCUT2D eigenvalue weighted by Gasteiger charge is -2.17. The fourth-order valence-corrected chi connectivity index (χ4v) is 2.15. The van der Waals surface area contributed by atoms with Gasteiger partial charge in [0, 0.05) is 19.9 Å². The van der Waals surface area contributed by atoms with Gasteiger partial charge in [-0.3, -0.25) is 9.36 Å². The number of carboxylic acid groups (broad SMARTS) is 1. The molecule has 21 heavy (non-hydrogen) atoms. The summed E-state index contributed by atoms with van der Waals surface area (Å²) in [6, 6.07) is 0. The van der Waals surface area contributed by atoms with Crippen LogP contribution < -0.4 is 0 Å². The van der Waals surface area contributed by atoms with Crippen LogP contribution in [0.1, 0.15) is 12.2 Å². The third-order valence-electron chi connectivity index (χ3n) is 3.41. The number of carbonyl (C=O) groups excluding carboxylic acids is 1. The van der Waals surface area contributed by atoms with Gasteiger partial charge in [-0.1, -0.05) is 0 Å². The number of halogens is 1. The van der Waals surface area contributed by atoms with E-state index in [1.54, 1.807) is 0 Å². The molecule has 0 aliphatic carbocycles. The summed E-state index contributed by atoms with van der Waals surface area (Å²) in [5.74, 6) is -2.20. The lowest BCUT2D eigenvalue weighted by molar-refractivity contribution is -0.389. The first-order chi connectivity index (χ1) is 9.73. The van der Waals surface area contributed by atoms with E-state index in [0.717, 1.165) is 11.1 Å². The Bertz CT molecular complexity index is 616. The van der Waals surface area contributed by atoms with Crippen molar-refractivity contribution in [2.45, 2.75) is 25.6 Å². The summed E-state index contributed by atoms with van der Waals surface area (Å²) in [5.41, 5.74) is -2.42. The highest BCUT2D eigenvalue weighted by Gasteiger charge is 2.46. The highest BCUT2D eigenvalue weighted by molar-refractivity contribution is 5.82. The largest absolute Gasteiger partial charge is 0.479 e. The van der Waals surface area contributed by atoms with Crippen molar-refractivity contribution >= 4 is 17.7 Å². The first-order valence-corrected chi connectivity index (χ1v) is 6.11. The third kappa shape index (κ3) is 2.83. The number of aliphatic carboxylic acids is 1. The van der Waals surface area contributed by atoms with Crippen molar-refractivity contribution in [1.82, 2.24) is 14.5 Å². The highest BCUT2D eigenvalue weighted by atomic mass is 19.1. The van der Waals surface area contributed by atoms with E-state index >= 15 is 0 Å². The number of alkyl halides is 1. The molecule has 1 fully saturated rings. The second-order valence-corrected chi connectivity index (χ2v) is 4.87. The highest BCUT2D eigenvalue weighted by Crippen LogP contribution is 2.26. The predicted molar refractivity (Wildman–Crippen MR) is 66.3 cm³/mol. The van der Waals surface area contributed by atoms with E-state index in [1.807, 2.05) is 0 Å². The molecule has 1 aliphatic rings. The average Bonchev–Trinajstić information content (AvgIpc) is 2.95. The van der Waals surface area contributed by atoms with Crippen molar-refractivity contribution in [3.05, 3.63) is 22.1 Å². The Labute approximate surface area is 118 Å². The zero-order valence-electron chi connectivity index (χ0n) is 11.2. The molecule has 9 nitrogen and oxygen atoms in total. The quantitative estimate of drug-likeness (QED) is 0.623. The van der Waals surface area contributed by atoms with Gasteiger partial charge in [0.1, 0.15) is 12.7 Å². The summed E-state index contributed by atoms with van der Waals surface area (Å²) in [7, 11) is 0. The summed E-state index contributed by atoms with van der Waals surface area (Å²) in [4.78, 5) is 37.5. The molecule has 0 spiro atoms. The zero-order chi connectivity index (χ0) is 15.8. The van der Waals surface area contributed by atoms with Crippen molar-refractivity contribution in [1.29, 1.82) is 0 Å². The molecule has 1 amide bonds. The zero-order valence-corrected chi connectivity index (χ0v) is 11.2. The molecule has 0 radical (unpaired) electrons. The second-order valence-electron chi connectivity index (χ2n) is 4.87. The number of carbonyl (C=O) groups is 2. The molecule has 1 N–H and O–H groups in total. The van der Waals surface area contributed by atoms with Crippen LogP contribution in [0.2, 0.25) is 0 Å². The third-order valence-corrected chi connectivity index (χ3v) is 3.41. The monoisotopic (exact) mass is 300 g/mol. The van der Waals surface area contributed by atoms with E-state index in [9.17, 15) is 24.1 Å². The topological polar surface area (TPSA) is 119 Å². The Balaban J connectivity index is 2.06. The first-order valence-electron chi connectivity index (χ1n) is 6.11. The maximum atomic E-state index is 13.9. The second kappa shape index (κ2) is 5.11. The number of aromatic nitrogens is 2. The van der Waals surface area contributed by atoms with Crippen LogP contribution in [0, 0.1) is 17.0 Å². The Hall–Kier alpha value is -2.52. The lowest BCUT2D eigenvalue weighted by atomic mass is 10.1. The Morgan fingerprint density at radius 2 is 2.29 bits per heavy atom. The fraction of sp³-hybridized carbons (Fsp3) is 0.545. The van der Waals surface area contributed by atoms with E-state index in [-0.39, 0.29) is 31.2 Å². The lowest BCUT2D eigenvalue weighted by Crippen LogP contribution is -2.39. The van der Waals surface area contributed by atoms with Gasteiger partial charge in [-0.05, 0) is 9.91 Å². The number of nitro groups is 1. The van der Waals surface area contributed by atoms with Crippen LogP contribution in [0.3, 0.4) is 0 Å². The Kier molecular flexibility index (Phi) is 3.62. The summed E-state index contributed by atoms with van der Waals surface area (Å²) in [6.07, 6.45) is 0.848. The minimum Gasteiger partial charge on any atom is -0.479 e. The molecule has 0 bridgehead atoms. The minimum atomic E-state index is -2.42. The molecular formula is C11H13FN4O5. The number of aryl methyl sites for hydroxylation is 1. The van der Waals surface area contributed by atoms with Gasteiger partial charge in [0.05, 0.1) is 6.54 Å². The summed E-state index contributed by atoms with van der Waals surface area (Å²) < 4.78 is 15.1. The van der Waals surface area contributed by atoms with Crippen LogP contribution in [0.25, 0.3) is 0 Å². The van der Waals surface area contributed by atoms with Gasteiger partial charge >= 0.3 is 11.8 Å². The van der Waals surface area contributed by atoms with E-state index < -0.39 is 29.0 Å². The van der Waals surface area contributed by atoms with Crippen molar-refractivity contribution in [2.75, 3.05) is 13.1 Å². The summed E-state index contributed by atoms with van der Waals surface area (Å²) >= 11 is 0. The first kappa shape index (κ1) is 14.9. The number of amides is 1. The van der Waals surface area contributed by atoms with Gasteiger partial charge < -0.3 is 20.1 Å². The van der Waals surface area contributed by atoms with Crippen LogP contribution in [-0.4, -0.2) is 55.1 Å². The molecule has 10 heteroatoms. The molecule has 0 saturated carbocycles. The number of likely N-dealkylation sites (tertiary alicyclic amines) is 1. The molecule has 114 valence electrons. The average molecular weight is 300 g/mol. The van der Waals surface area contributed by atoms with Gasteiger partial charge in [0.2, 0.25) is 17.4 Å². The smallest absolute Gasteiger partial charge is 0.381 e. The van der Waals surface area contributed by atoms with Gasteiger partial charge in [0.25, 0.3) is 0 Å². The molecule has 1 aliphatic heterocycles. The molecule has 1 atom stereocenters. The van der Waals surface area contributed by atoms with Gasteiger partial charge in [-0.15, -0.1) is 0 Å². The summed E-state index contributed by atoms with van der Waals surface area (Å²) in [5, 5.41) is 19.4. The van der Waals surface area contributed by atoms with Crippen molar-refractivity contribution in [2.24, 2.45) is 0 Å². The SMILES string of the molecule is Cc1nc([N+](=O)[O-])cn1CC(=O)N1CCC(F)(C(=O)O)C1. The van der Waals surface area contributed by atoms with Crippen molar-refractivity contribution in [3.63, 3.8) is 0 Å². The molecule has 0 aromatic carbocycles. The number of imidazole rings is 1. The molecule has 1 aromatic rings. The molecule has 1 unspecified atom stereocenters. The Morgan fingerprint density at radius 1 is 1.62 bits per heavy atom. The number of carboxylic acids is 1. The normalized spacial score (nSPS) is 21.5. The standard InChI is InChI=1S/C11H13FN4O5/c1-7-13-8(16(20)21)4-15(7)5-9(17)14-3-2-11(12,6-14)10(18)19/h4H,2-3,5-6H2,1H3,(H,18,19). The van der Waals surface area contributed by atoms with Gasteiger partial charge in [0.15, 0.2) is 0 Å². The van der Waals surface area contributed by atoms with Crippen LogP contribution in [0.4, 0.5) is 10.2 Å². The van der Waals surface area contributed by atoms with E-state index in [0.29, 0.717) is 0 Å². The maximum absolute atomic E-state index is 13.9. The number of hydrogen-bond acceptors (Lipinski definition) is 5. The van der Waals surface area contributed by atoms with Crippen LogP contribution in [-0.2, 0) is 16.1 Å². The molecule has 2 rings (SSSR count). The van der Waals surface area contributed by atoms with Gasteiger partial charge in [-0.25, -0.2) is 9.18 Å². The molecule has 1 aromatic heterocycles. The molecule has 2 heterocycles. The number of rotatable bonds is 4. The van der Waals surface area contributed by atoms with E-state index in [2.05, 4.69) is 4.98 Å². The van der Waals surface area contributed by atoms with Crippen molar-refractivity contribution < 1.29 is 24.0 Å². The van der Waals surface area contributed by atoms with E-state index in [4.69, 9.17) is 5.11 Å². The van der Waals surface area contributed by atoms with Crippen molar-refractivity contribution in [3.8, 4) is 0 Å². The molecule has 1 saturated heterocycles. The van der Waals surface area contributed by atoms with Crippen LogP contribution >= 0.6 is 0 Å². The Morgan fingerprint density at radius 3 is 2.76 bits per heavy atom. The summed E-state index contributed by atoms with van der Waals surface area (Å²) in [6.45, 7) is 0.734. The maximum Gasteiger partial charge on any atom is 0.381 e. The van der Waals surface area contributed by atoms with Crippen LogP contribution in [0.5, 0.6) is 0 Å². The van der Waals surface area contributed by atoms with Crippen LogP contribution in [0.15, 0.2) is 6.20 Å². The molecular weight excluding hydrogens is 287 g/mol. The van der Waals surface area contributed by atoms with Gasteiger partial charge in [-0.2, -0.15) is 0 Å². The minimum absolute atomic E-state index is 0.00251. The number of nitrogens with zero attached hydrogens (tertiary/aromatic N) is 4. The number of hydrogen-bond donors (Lipinski definition) is 1. The fourth-order valence-electron chi connectivity index (χ4n) is 2.15.